The van der Waals surface area contributed by atoms with Crippen LogP contribution in [0.1, 0.15) is 30.3 Å². The van der Waals surface area contributed by atoms with Gasteiger partial charge in [-0.05, 0) is 31.0 Å². The second kappa shape index (κ2) is 4.80. The minimum absolute atomic E-state index is 0.0801. The van der Waals surface area contributed by atoms with E-state index in [0.717, 1.165) is 25.0 Å². The maximum absolute atomic E-state index is 13.3. The number of rotatable bonds is 3. The van der Waals surface area contributed by atoms with E-state index in [0.29, 0.717) is 5.82 Å². The lowest BCUT2D eigenvalue weighted by Gasteiger charge is -2.11. The monoisotopic (exact) mass is 301 g/mol. The van der Waals surface area contributed by atoms with Crippen molar-refractivity contribution in [3.8, 4) is 11.4 Å². The molecule has 4 nitrogen and oxygen atoms in total. The number of alkyl halides is 3. The molecule has 0 unspecified atom stereocenters. The molecular weight excluding hydrogens is 290 g/mol. The van der Waals surface area contributed by atoms with Crippen LogP contribution in [0.25, 0.3) is 11.4 Å². The maximum Gasteiger partial charge on any atom is 0.419 e. The van der Waals surface area contributed by atoms with E-state index in [4.69, 9.17) is 0 Å². The molecule has 2 aromatic rings. The first-order chi connectivity index (χ1) is 9.91. The smallest absolute Gasteiger partial charge is 0.388 e. The van der Waals surface area contributed by atoms with Crippen LogP contribution in [0.15, 0.2) is 18.2 Å². The summed E-state index contributed by atoms with van der Waals surface area (Å²) in [7, 11) is 0. The van der Waals surface area contributed by atoms with Crippen LogP contribution in [-0.2, 0) is 12.8 Å². The fourth-order valence-electron chi connectivity index (χ4n) is 2.23. The highest BCUT2D eigenvalue weighted by molar-refractivity contribution is 5.57. The predicted molar refractivity (Wildman–Crippen MR) is 64.6 cm³/mol. The van der Waals surface area contributed by atoms with Gasteiger partial charge in [-0.15, -0.1) is 10.2 Å². The largest absolute Gasteiger partial charge is 0.419 e. The number of aliphatic hydroxyl groups excluding tert-OH is 1. The number of nitrogens with zero attached hydrogens (tertiary/aromatic N) is 3. The van der Waals surface area contributed by atoms with Crippen molar-refractivity contribution in [1.82, 2.24) is 14.8 Å². The Bertz CT molecular complexity index is 677. The molecule has 21 heavy (non-hydrogen) atoms. The standard InChI is InChI=1S/C13H11F4N3O/c14-10-4-1-7(5-9(10)13(15,16)17)12-19-18-11(6-21)20(12)8-2-3-8/h1,4-5,8,21H,2-3,6H2. The van der Waals surface area contributed by atoms with Gasteiger partial charge < -0.3 is 9.67 Å². The molecule has 1 aliphatic carbocycles. The number of hydrogen-bond acceptors (Lipinski definition) is 3. The van der Waals surface area contributed by atoms with Crippen molar-refractivity contribution in [2.45, 2.75) is 31.7 Å². The molecule has 1 heterocycles. The Morgan fingerprint density at radius 1 is 1.24 bits per heavy atom. The van der Waals surface area contributed by atoms with E-state index in [1.807, 2.05) is 0 Å². The lowest BCUT2D eigenvalue weighted by atomic mass is 10.1. The van der Waals surface area contributed by atoms with E-state index in [1.54, 1.807) is 4.57 Å². The maximum atomic E-state index is 13.3. The Kier molecular flexibility index (Phi) is 3.20. The van der Waals surface area contributed by atoms with Gasteiger partial charge in [-0.3, -0.25) is 0 Å². The van der Waals surface area contributed by atoms with Crippen molar-refractivity contribution in [1.29, 1.82) is 0 Å². The summed E-state index contributed by atoms with van der Waals surface area (Å²) in [6, 6.07) is 2.80. The summed E-state index contributed by atoms with van der Waals surface area (Å²) in [5.74, 6) is -0.816. The highest BCUT2D eigenvalue weighted by Crippen LogP contribution is 2.40. The number of halogens is 4. The normalized spacial score (nSPS) is 15.5. The van der Waals surface area contributed by atoms with Crippen molar-refractivity contribution in [2.75, 3.05) is 0 Å². The van der Waals surface area contributed by atoms with Crippen LogP contribution in [0, 0.1) is 5.82 Å². The number of benzene rings is 1. The van der Waals surface area contributed by atoms with Gasteiger partial charge in [0.05, 0.1) is 5.56 Å². The molecule has 0 spiro atoms. The summed E-state index contributed by atoms with van der Waals surface area (Å²) in [6.45, 7) is -0.350. The van der Waals surface area contributed by atoms with E-state index in [1.165, 1.54) is 6.07 Å². The summed E-state index contributed by atoms with van der Waals surface area (Å²) in [6.07, 6.45) is -3.07. The molecule has 8 heteroatoms. The molecule has 0 bridgehead atoms. The van der Waals surface area contributed by atoms with Crippen LogP contribution in [-0.4, -0.2) is 19.9 Å². The molecule has 112 valence electrons. The van der Waals surface area contributed by atoms with Gasteiger partial charge in [-0.25, -0.2) is 4.39 Å². The van der Waals surface area contributed by atoms with Gasteiger partial charge in [0.25, 0.3) is 0 Å². The summed E-state index contributed by atoms with van der Waals surface area (Å²) in [4.78, 5) is 0. The molecule has 0 atom stereocenters. The zero-order chi connectivity index (χ0) is 15.2. The molecule has 1 N–H and O–H groups in total. The van der Waals surface area contributed by atoms with Crippen LogP contribution in [0.4, 0.5) is 17.6 Å². The molecule has 1 fully saturated rings. The fourth-order valence-corrected chi connectivity index (χ4v) is 2.23. The highest BCUT2D eigenvalue weighted by atomic mass is 19.4. The van der Waals surface area contributed by atoms with Crippen molar-refractivity contribution in [2.24, 2.45) is 0 Å². The van der Waals surface area contributed by atoms with E-state index in [9.17, 15) is 22.7 Å². The first-order valence-electron chi connectivity index (χ1n) is 6.33. The third-order valence-corrected chi connectivity index (χ3v) is 3.35. The summed E-state index contributed by atoms with van der Waals surface area (Å²) >= 11 is 0. The van der Waals surface area contributed by atoms with Gasteiger partial charge >= 0.3 is 6.18 Å². The van der Waals surface area contributed by atoms with Gasteiger partial charge in [0.15, 0.2) is 11.6 Å². The Labute approximate surface area is 117 Å². The molecule has 1 aromatic heterocycles. The van der Waals surface area contributed by atoms with Gasteiger partial charge in [0, 0.05) is 11.6 Å². The minimum Gasteiger partial charge on any atom is -0.388 e. The fraction of sp³-hybridized carbons (Fsp3) is 0.385. The molecule has 0 aliphatic heterocycles. The minimum atomic E-state index is -4.77. The van der Waals surface area contributed by atoms with Crippen molar-refractivity contribution < 1.29 is 22.7 Å². The quantitative estimate of drug-likeness (QED) is 0.887. The number of hydrogen-bond donors (Lipinski definition) is 1. The topological polar surface area (TPSA) is 50.9 Å². The first kappa shape index (κ1) is 14.0. The van der Waals surface area contributed by atoms with Gasteiger partial charge in [0.2, 0.25) is 0 Å². The van der Waals surface area contributed by atoms with Crippen LogP contribution >= 0.6 is 0 Å². The SMILES string of the molecule is OCc1nnc(-c2ccc(F)c(C(F)(F)F)c2)n1C1CC1. The zero-order valence-corrected chi connectivity index (χ0v) is 10.7. The number of aliphatic hydroxyl groups is 1. The molecule has 0 amide bonds. The Morgan fingerprint density at radius 3 is 2.52 bits per heavy atom. The molecule has 3 rings (SSSR count). The summed E-state index contributed by atoms with van der Waals surface area (Å²) in [5.41, 5.74) is -1.21. The van der Waals surface area contributed by atoms with Crippen LogP contribution in [0.5, 0.6) is 0 Å². The Balaban J connectivity index is 2.11. The molecule has 1 saturated carbocycles. The lowest BCUT2D eigenvalue weighted by Crippen LogP contribution is -2.09. The molecule has 0 saturated heterocycles. The van der Waals surface area contributed by atoms with Crippen LogP contribution < -0.4 is 0 Å². The molecule has 1 aromatic carbocycles. The zero-order valence-electron chi connectivity index (χ0n) is 10.7. The second-order valence-electron chi connectivity index (χ2n) is 4.89. The van der Waals surface area contributed by atoms with Gasteiger partial charge in [-0.1, -0.05) is 0 Å². The predicted octanol–water partition coefficient (Wildman–Crippen LogP) is 2.93. The highest BCUT2D eigenvalue weighted by Gasteiger charge is 2.35. The van der Waals surface area contributed by atoms with E-state index in [2.05, 4.69) is 10.2 Å². The Hall–Kier alpha value is -1.96. The molecular formula is C13H11F4N3O. The summed E-state index contributed by atoms with van der Waals surface area (Å²) < 4.78 is 53.2. The average molecular weight is 301 g/mol. The first-order valence-corrected chi connectivity index (χ1v) is 6.33. The van der Waals surface area contributed by atoms with E-state index < -0.39 is 17.6 Å². The van der Waals surface area contributed by atoms with Crippen molar-refractivity contribution in [3.05, 3.63) is 35.4 Å². The van der Waals surface area contributed by atoms with Crippen LogP contribution in [0.2, 0.25) is 0 Å². The Morgan fingerprint density at radius 2 is 1.95 bits per heavy atom. The van der Waals surface area contributed by atoms with Crippen molar-refractivity contribution >= 4 is 0 Å². The lowest BCUT2D eigenvalue weighted by molar-refractivity contribution is -0.139. The van der Waals surface area contributed by atoms with E-state index >= 15 is 0 Å². The average Bonchev–Trinajstić information content (AvgIpc) is 3.17. The van der Waals surface area contributed by atoms with E-state index in [-0.39, 0.29) is 24.0 Å². The number of aromatic nitrogens is 3. The summed E-state index contributed by atoms with van der Waals surface area (Å²) in [5, 5.41) is 16.8. The van der Waals surface area contributed by atoms with Crippen LogP contribution in [0.3, 0.4) is 0 Å². The second-order valence-corrected chi connectivity index (χ2v) is 4.89. The van der Waals surface area contributed by atoms with Crippen molar-refractivity contribution in [3.63, 3.8) is 0 Å². The third kappa shape index (κ3) is 2.51. The molecule has 0 radical (unpaired) electrons. The van der Waals surface area contributed by atoms with Gasteiger partial charge in [-0.2, -0.15) is 13.2 Å². The van der Waals surface area contributed by atoms with Gasteiger partial charge in [0.1, 0.15) is 12.4 Å². The molecule has 1 aliphatic rings. The third-order valence-electron chi connectivity index (χ3n) is 3.35.